The molecule has 6 nitrogen and oxygen atoms in total. The van der Waals surface area contributed by atoms with Crippen LogP contribution < -0.4 is 15.8 Å². The Morgan fingerprint density at radius 3 is 2.75 bits per heavy atom. The standard InChI is InChI=1S/C14H26N4O2/c1-4-5-8-20-14-12(15)13(17-10-18-14)16-7-6-9-19-11(2)3/h10-11H,4-9,15H2,1-3H3,(H,16,17,18). The summed E-state index contributed by atoms with van der Waals surface area (Å²) in [5.74, 6) is 1.07. The molecule has 1 heterocycles. The van der Waals surface area contributed by atoms with Crippen molar-refractivity contribution >= 4 is 11.5 Å². The Kier molecular flexibility index (Phi) is 7.72. The molecule has 20 heavy (non-hydrogen) atoms. The van der Waals surface area contributed by atoms with E-state index in [1.807, 2.05) is 13.8 Å². The number of nitrogens with two attached hydrogens (primary N) is 1. The molecule has 0 aliphatic rings. The molecule has 0 unspecified atom stereocenters. The molecule has 1 aromatic heterocycles. The van der Waals surface area contributed by atoms with Gasteiger partial charge in [-0.15, -0.1) is 0 Å². The van der Waals surface area contributed by atoms with E-state index in [1.165, 1.54) is 6.33 Å². The largest absolute Gasteiger partial charge is 0.476 e. The number of unbranched alkanes of at least 4 members (excludes halogenated alkanes) is 1. The molecule has 0 spiro atoms. The van der Waals surface area contributed by atoms with E-state index in [4.69, 9.17) is 15.2 Å². The van der Waals surface area contributed by atoms with Crippen molar-refractivity contribution in [2.24, 2.45) is 0 Å². The van der Waals surface area contributed by atoms with E-state index < -0.39 is 0 Å². The fourth-order valence-corrected chi connectivity index (χ4v) is 1.55. The van der Waals surface area contributed by atoms with Gasteiger partial charge in [0, 0.05) is 13.2 Å². The van der Waals surface area contributed by atoms with Crippen LogP contribution in [0.1, 0.15) is 40.0 Å². The van der Waals surface area contributed by atoms with Gasteiger partial charge in [-0.25, -0.2) is 4.98 Å². The van der Waals surface area contributed by atoms with Gasteiger partial charge in [0.25, 0.3) is 0 Å². The van der Waals surface area contributed by atoms with Crippen molar-refractivity contribution in [3.8, 4) is 5.88 Å². The molecule has 0 atom stereocenters. The summed E-state index contributed by atoms with van der Waals surface area (Å²) < 4.78 is 11.0. The molecule has 0 fully saturated rings. The van der Waals surface area contributed by atoms with Gasteiger partial charge in [0.1, 0.15) is 12.0 Å². The van der Waals surface area contributed by atoms with Crippen LogP contribution in [-0.4, -0.2) is 35.8 Å². The maximum Gasteiger partial charge on any atom is 0.242 e. The number of anilines is 2. The van der Waals surface area contributed by atoms with Crippen molar-refractivity contribution in [2.75, 3.05) is 30.8 Å². The minimum atomic E-state index is 0.262. The van der Waals surface area contributed by atoms with Crippen LogP contribution in [0.25, 0.3) is 0 Å². The smallest absolute Gasteiger partial charge is 0.242 e. The van der Waals surface area contributed by atoms with E-state index in [1.54, 1.807) is 0 Å². The number of nitrogen functional groups attached to an aromatic ring is 1. The van der Waals surface area contributed by atoms with Crippen LogP contribution in [0.15, 0.2) is 6.33 Å². The second kappa shape index (κ2) is 9.36. The minimum absolute atomic E-state index is 0.262. The topological polar surface area (TPSA) is 82.3 Å². The molecule has 0 aromatic carbocycles. The van der Waals surface area contributed by atoms with Gasteiger partial charge in [-0.3, -0.25) is 0 Å². The van der Waals surface area contributed by atoms with Gasteiger partial charge >= 0.3 is 0 Å². The molecular weight excluding hydrogens is 256 g/mol. The molecule has 114 valence electrons. The maximum atomic E-state index is 5.98. The summed E-state index contributed by atoms with van der Waals surface area (Å²) >= 11 is 0. The zero-order valence-electron chi connectivity index (χ0n) is 12.7. The quantitative estimate of drug-likeness (QED) is 0.641. The SMILES string of the molecule is CCCCOc1ncnc(NCCCOC(C)C)c1N. The van der Waals surface area contributed by atoms with Crippen molar-refractivity contribution in [3.05, 3.63) is 6.33 Å². The summed E-state index contributed by atoms with van der Waals surface area (Å²) in [4.78, 5) is 8.19. The van der Waals surface area contributed by atoms with Crippen LogP contribution in [0.3, 0.4) is 0 Å². The van der Waals surface area contributed by atoms with Gasteiger partial charge in [-0.1, -0.05) is 13.3 Å². The lowest BCUT2D eigenvalue weighted by atomic mass is 10.3. The van der Waals surface area contributed by atoms with Crippen LogP contribution >= 0.6 is 0 Å². The van der Waals surface area contributed by atoms with Crippen molar-refractivity contribution in [1.82, 2.24) is 9.97 Å². The van der Waals surface area contributed by atoms with Crippen LogP contribution in [0.2, 0.25) is 0 Å². The normalized spacial score (nSPS) is 10.8. The van der Waals surface area contributed by atoms with Gasteiger partial charge < -0.3 is 20.5 Å². The van der Waals surface area contributed by atoms with Gasteiger partial charge in [0.05, 0.1) is 12.7 Å². The number of hydrogen-bond acceptors (Lipinski definition) is 6. The number of rotatable bonds is 10. The molecule has 0 saturated carbocycles. The summed E-state index contributed by atoms with van der Waals surface area (Å²) in [5, 5.41) is 3.18. The molecule has 0 radical (unpaired) electrons. The van der Waals surface area contributed by atoms with Gasteiger partial charge in [0.2, 0.25) is 5.88 Å². The highest BCUT2D eigenvalue weighted by Gasteiger charge is 2.08. The van der Waals surface area contributed by atoms with Crippen LogP contribution in [0.4, 0.5) is 11.5 Å². The second-order valence-corrected chi connectivity index (χ2v) is 4.84. The van der Waals surface area contributed by atoms with Crippen molar-refractivity contribution in [1.29, 1.82) is 0 Å². The highest BCUT2D eigenvalue weighted by atomic mass is 16.5. The van der Waals surface area contributed by atoms with Crippen LogP contribution in [0, 0.1) is 0 Å². The summed E-state index contributed by atoms with van der Waals surface area (Å²) in [6.07, 6.45) is 4.68. The molecule has 3 N–H and O–H groups in total. The van der Waals surface area contributed by atoms with Crippen molar-refractivity contribution < 1.29 is 9.47 Å². The van der Waals surface area contributed by atoms with Crippen molar-refractivity contribution in [2.45, 2.75) is 46.1 Å². The zero-order chi connectivity index (χ0) is 14.8. The first-order chi connectivity index (χ1) is 9.65. The molecule has 1 aromatic rings. The lowest BCUT2D eigenvalue weighted by Crippen LogP contribution is -2.12. The third kappa shape index (κ3) is 6.06. The third-order valence-corrected chi connectivity index (χ3v) is 2.65. The Morgan fingerprint density at radius 1 is 1.25 bits per heavy atom. The lowest BCUT2D eigenvalue weighted by molar-refractivity contribution is 0.0787. The third-order valence-electron chi connectivity index (χ3n) is 2.65. The Bertz CT molecular complexity index is 385. The predicted molar refractivity (Wildman–Crippen MR) is 81.0 cm³/mol. The number of hydrogen-bond donors (Lipinski definition) is 2. The maximum absolute atomic E-state index is 5.98. The summed E-state index contributed by atoms with van der Waals surface area (Å²) in [6.45, 7) is 8.25. The first-order valence-electron chi connectivity index (χ1n) is 7.23. The van der Waals surface area contributed by atoms with Gasteiger partial charge in [0.15, 0.2) is 5.82 Å². The first kappa shape index (κ1) is 16.5. The summed E-state index contributed by atoms with van der Waals surface area (Å²) in [6, 6.07) is 0. The van der Waals surface area contributed by atoms with E-state index in [2.05, 4.69) is 22.2 Å². The molecule has 0 aliphatic heterocycles. The van der Waals surface area contributed by atoms with Crippen molar-refractivity contribution in [3.63, 3.8) is 0 Å². The lowest BCUT2D eigenvalue weighted by Gasteiger charge is -2.12. The highest BCUT2D eigenvalue weighted by molar-refractivity contribution is 5.66. The molecule has 1 rings (SSSR count). The molecule has 0 aliphatic carbocycles. The molecule has 0 bridgehead atoms. The molecule has 0 amide bonds. The number of nitrogens with zero attached hydrogens (tertiary/aromatic N) is 2. The van der Waals surface area contributed by atoms with E-state index in [9.17, 15) is 0 Å². The number of aromatic nitrogens is 2. The Morgan fingerprint density at radius 2 is 2.05 bits per heavy atom. The van der Waals surface area contributed by atoms with E-state index in [-0.39, 0.29) is 6.10 Å². The zero-order valence-corrected chi connectivity index (χ0v) is 12.7. The fraction of sp³-hybridized carbons (Fsp3) is 0.714. The van der Waals surface area contributed by atoms with E-state index >= 15 is 0 Å². The average molecular weight is 282 g/mol. The fourth-order valence-electron chi connectivity index (χ4n) is 1.55. The van der Waals surface area contributed by atoms with Crippen LogP contribution in [-0.2, 0) is 4.74 Å². The highest BCUT2D eigenvalue weighted by Crippen LogP contribution is 2.24. The predicted octanol–water partition coefficient (Wildman–Crippen LogP) is 2.46. The van der Waals surface area contributed by atoms with Crippen LogP contribution in [0.5, 0.6) is 5.88 Å². The second-order valence-electron chi connectivity index (χ2n) is 4.84. The molecular formula is C14H26N4O2. The number of nitrogens with one attached hydrogen (secondary N) is 1. The van der Waals surface area contributed by atoms with Gasteiger partial charge in [-0.2, -0.15) is 4.98 Å². The number of ether oxygens (including phenoxy) is 2. The first-order valence-corrected chi connectivity index (χ1v) is 7.23. The Hall–Kier alpha value is -1.56. The van der Waals surface area contributed by atoms with E-state index in [0.717, 1.165) is 32.4 Å². The Balaban J connectivity index is 2.39. The monoisotopic (exact) mass is 282 g/mol. The molecule has 0 saturated heterocycles. The summed E-state index contributed by atoms with van der Waals surface area (Å²) in [5.41, 5.74) is 6.45. The molecule has 6 heteroatoms. The minimum Gasteiger partial charge on any atom is -0.476 e. The van der Waals surface area contributed by atoms with Gasteiger partial charge in [-0.05, 0) is 26.7 Å². The Labute approximate surface area is 121 Å². The average Bonchev–Trinajstić information content (AvgIpc) is 2.42. The van der Waals surface area contributed by atoms with E-state index in [0.29, 0.717) is 24.0 Å². The summed E-state index contributed by atoms with van der Waals surface area (Å²) in [7, 11) is 0.